The number of carboxylic acids is 1. The van der Waals surface area contributed by atoms with Gasteiger partial charge in [0, 0.05) is 18.3 Å². The van der Waals surface area contributed by atoms with Crippen molar-refractivity contribution in [2.24, 2.45) is 0 Å². The molecule has 0 saturated carbocycles. The third-order valence-electron chi connectivity index (χ3n) is 4.99. The van der Waals surface area contributed by atoms with E-state index < -0.39 is 34.4 Å². The van der Waals surface area contributed by atoms with Gasteiger partial charge in [0.15, 0.2) is 11.6 Å². The number of carboxylic acid groups (broad SMARTS) is 1. The summed E-state index contributed by atoms with van der Waals surface area (Å²) in [7, 11) is 0. The van der Waals surface area contributed by atoms with Gasteiger partial charge >= 0.3 is 5.97 Å². The molecule has 2 atom stereocenters. The summed E-state index contributed by atoms with van der Waals surface area (Å²) in [6, 6.07) is 0.809. The Kier molecular flexibility index (Phi) is 4.71. The van der Waals surface area contributed by atoms with Crippen molar-refractivity contribution in [1.82, 2.24) is 9.55 Å². The van der Waals surface area contributed by atoms with E-state index in [0.29, 0.717) is 6.54 Å². The largest absolute Gasteiger partial charge is 0.477 e. The molecule has 146 valence electrons. The molecular weight excluding hydrogens is 353 g/mol. The van der Waals surface area contributed by atoms with Crippen LogP contribution in [0.25, 0.3) is 11.0 Å². The molecule has 0 aromatic carbocycles. The maximum absolute atomic E-state index is 14.9. The Bertz CT molecular complexity index is 962. The standard InChI is InChI=1S/C19H24FN3O4/c1-10(24)14-6-5-7-22(14)17-13(20)8-11-15(25)12(18(26)27)9-23(16(11)21-17)19(2,3)4/h8-10,14,24H,5-7H2,1-4H3,(H,26,27)/t10-,14+/m1/s1. The van der Waals surface area contributed by atoms with Crippen molar-refractivity contribution in [3.63, 3.8) is 0 Å². The monoisotopic (exact) mass is 377 g/mol. The molecule has 7 nitrogen and oxygen atoms in total. The number of hydrogen-bond donors (Lipinski definition) is 2. The van der Waals surface area contributed by atoms with E-state index in [1.165, 1.54) is 6.20 Å². The molecule has 0 spiro atoms. The van der Waals surface area contributed by atoms with Gasteiger partial charge in [-0.3, -0.25) is 4.79 Å². The highest BCUT2D eigenvalue weighted by Gasteiger charge is 2.32. The van der Waals surface area contributed by atoms with Crippen LogP contribution in [0.4, 0.5) is 10.2 Å². The molecule has 2 aromatic heterocycles. The molecule has 0 unspecified atom stereocenters. The van der Waals surface area contributed by atoms with Crippen molar-refractivity contribution in [2.75, 3.05) is 11.4 Å². The fourth-order valence-corrected chi connectivity index (χ4v) is 3.64. The van der Waals surface area contributed by atoms with E-state index in [-0.39, 0.29) is 22.9 Å². The number of pyridine rings is 2. The Labute approximate surface area is 156 Å². The van der Waals surface area contributed by atoms with Gasteiger partial charge in [0.2, 0.25) is 5.43 Å². The molecule has 0 amide bonds. The Morgan fingerprint density at radius 3 is 2.63 bits per heavy atom. The van der Waals surface area contributed by atoms with Crippen LogP contribution in [0, 0.1) is 5.82 Å². The molecule has 3 heterocycles. The summed E-state index contributed by atoms with van der Waals surface area (Å²) in [5.41, 5.74) is -1.53. The van der Waals surface area contributed by atoms with Crippen molar-refractivity contribution in [3.8, 4) is 0 Å². The molecule has 27 heavy (non-hydrogen) atoms. The molecule has 1 fully saturated rings. The molecular formula is C19H24FN3O4. The molecule has 8 heteroatoms. The predicted octanol–water partition coefficient (Wildman–Crippen LogP) is 2.34. The van der Waals surface area contributed by atoms with E-state index in [0.717, 1.165) is 18.9 Å². The minimum Gasteiger partial charge on any atom is -0.477 e. The van der Waals surface area contributed by atoms with Crippen LogP contribution in [0.2, 0.25) is 0 Å². The van der Waals surface area contributed by atoms with Gasteiger partial charge in [-0.15, -0.1) is 0 Å². The number of rotatable bonds is 3. The average molecular weight is 377 g/mol. The van der Waals surface area contributed by atoms with Gasteiger partial charge in [0.1, 0.15) is 11.2 Å². The number of fused-ring (bicyclic) bond motifs is 1. The first kappa shape index (κ1) is 19.3. The van der Waals surface area contributed by atoms with Crippen LogP contribution in [0.15, 0.2) is 17.1 Å². The van der Waals surface area contributed by atoms with E-state index in [9.17, 15) is 24.2 Å². The quantitative estimate of drug-likeness (QED) is 0.852. The molecule has 3 rings (SSSR count). The Hall–Kier alpha value is -2.48. The molecule has 1 aliphatic rings. The maximum Gasteiger partial charge on any atom is 0.341 e. The lowest BCUT2D eigenvalue weighted by Gasteiger charge is -2.30. The molecule has 2 aromatic rings. The van der Waals surface area contributed by atoms with Gasteiger partial charge in [-0.1, -0.05) is 0 Å². The van der Waals surface area contributed by atoms with Crippen LogP contribution in [-0.2, 0) is 5.54 Å². The fraction of sp³-hybridized carbons (Fsp3) is 0.526. The van der Waals surface area contributed by atoms with Gasteiger partial charge in [-0.25, -0.2) is 14.2 Å². The maximum atomic E-state index is 14.9. The third kappa shape index (κ3) is 3.29. The van der Waals surface area contributed by atoms with Crippen LogP contribution in [0.3, 0.4) is 0 Å². The van der Waals surface area contributed by atoms with Crippen LogP contribution < -0.4 is 10.3 Å². The highest BCUT2D eigenvalue weighted by atomic mass is 19.1. The van der Waals surface area contributed by atoms with Crippen molar-refractivity contribution >= 4 is 22.8 Å². The zero-order chi connectivity index (χ0) is 20.1. The third-order valence-corrected chi connectivity index (χ3v) is 4.99. The number of carbonyl (C=O) groups is 1. The van der Waals surface area contributed by atoms with Crippen molar-refractivity contribution in [2.45, 2.75) is 58.2 Å². The van der Waals surface area contributed by atoms with E-state index in [4.69, 9.17) is 0 Å². The molecule has 2 N–H and O–H groups in total. The first-order valence-corrected chi connectivity index (χ1v) is 8.96. The molecule has 1 aliphatic heterocycles. The van der Waals surface area contributed by atoms with Crippen molar-refractivity contribution in [1.29, 1.82) is 0 Å². The zero-order valence-electron chi connectivity index (χ0n) is 15.9. The SMILES string of the molecule is C[C@@H](O)[C@@H]1CCCN1c1nc2c(cc1F)c(=O)c(C(=O)O)cn2C(C)(C)C. The number of aromatic nitrogens is 2. The smallest absolute Gasteiger partial charge is 0.341 e. The van der Waals surface area contributed by atoms with E-state index in [2.05, 4.69) is 4.98 Å². The van der Waals surface area contributed by atoms with E-state index in [1.807, 2.05) is 20.8 Å². The van der Waals surface area contributed by atoms with Gasteiger partial charge < -0.3 is 19.7 Å². The lowest BCUT2D eigenvalue weighted by atomic mass is 10.1. The molecule has 0 aliphatic carbocycles. The van der Waals surface area contributed by atoms with Crippen LogP contribution in [0.5, 0.6) is 0 Å². The minimum absolute atomic E-state index is 0.0705. The molecule has 0 bridgehead atoms. The summed E-state index contributed by atoms with van der Waals surface area (Å²) in [5.74, 6) is -1.99. The van der Waals surface area contributed by atoms with E-state index >= 15 is 0 Å². The fourth-order valence-electron chi connectivity index (χ4n) is 3.64. The number of nitrogens with zero attached hydrogens (tertiary/aromatic N) is 3. The highest BCUT2D eigenvalue weighted by Crippen LogP contribution is 2.31. The Morgan fingerprint density at radius 2 is 2.07 bits per heavy atom. The first-order chi connectivity index (χ1) is 12.5. The van der Waals surface area contributed by atoms with Crippen molar-refractivity contribution < 1.29 is 19.4 Å². The second kappa shape index (κ2) is 6.60. The number of aromatic carboxylic acids is 1. The minimum atomic E-state index is -1.36. The average Bonchev–Trinajstić information content (AvgIpc) is 3.03. The first-order valence-electron chi connectivity index (χ1n) is 8.96. The second-order valence-electron chi connectivity index (χ2n) is 8.03. The molecule has 0 radical (unpaired) electrons. The highest BCUT2D eigenvalue weighted by molar-refractivity contribution is 5.92. The van der Waals surface area contributed by atoms with Crippen LogP contribution in [0.1, 0.15) is 50.9 Å². The zero-order valence-corrected chi connectivity index (χ0v) is 15.9. The summed E-state index contributed by atoms with van der Waals surface area (Å²) in [4.78, 5) is 30.2. The van der Waals surface area contributed by atoms with E-state index in [1.54, 1.807) is 16.4 Å². The summed E-state index contributed by atoms with van der Waals surface area (Å²) in [5, 5.41) is 19.3. The summed E-state index contributed by atoms with van der Waals surface area (Å²) >= 11 is 0. The summed E-state index contributed by atoms with van der Waals surface area (Å²) < 4.78 is 16.5. The lowest BCUT2D eigenvalue weighted by molar-refractivity contribution is 0.0694. The Morgan fingerprint density at radius 1 is 1.41 bits per heavy atom. The topological polar surface area (TPSA) is 95.7 Å². The predicted molar refractivity (Wildman–Crippen MR) is 100.0 cm³/mol. The summed E-state index contributed by atoms with van der Waals surface area (Å²) in [6.07, 6.45) is 2.14. The number of hydrogen-bond acceptors (Lipinski definition) is 5. The lowest BCUT2D eigenvalue weighted by Crippen LogP contribution is -2.39. The van der Waals surface area contributed by atoms with Gasteiger partial charge in [-0.05, 0) is 46.6 Å². The number of anilines is 1. The normalized spacial score (nSPS) is 18.9. The van der Waals surface area contributed by atoms with Gasteiger partial charge in [-0.2, -0.15) is 0 Å². The van der Waals surface area contributed by atoms with Gasteiger partial charge in [0.05, 0.1) is 17.5 Å². The summed E-state index contributed by atoms with van der Waals surface area (Å²) in [6.45, 7) is 7.76. The van der Waals surface area contributed by atoms with Crippen molar-refractivity contribution in [3.05, 3.63) is 33.9 Å². The number of aliphatic hydroxyl groups excluding tert-OH is 1. The van der Waals surface area contributed by atoms with Gasteiger partial charge in [0.25, 0.3) is 0 Å². The Balaban J connectivity index is 2.32. The van der Waals surface area contributed by atoms with Crippen LogP contribution >= 0.6 is 0 Å². The number of aliphatic hydroxyl groups is 1. The molecule has 1 saturated heterocycles. The second-order valence-corrected chi connectivity index (χ2v) is 8.03. The van der Waals surface area contributed by atoms with Crippen LogP contribution in [-0.4, -0.2) is 44.4 Å². The number of halogens is 1.